The van der Waals surface area contributed by atoms with Crippen LogP contribution in [0.2, 0.25) is 5.28 Å². The Balaban J connectivity index is 2.57. The first-order valence-corrected chi connectivity index (χ1v) is 3.93. The normalized spacial score (nSPS) is 10.2. The van der Waals surface area contributed by atoms with Gasteiger partial charge in [-0.05, 0) is 17.7 Å². The Bertz CT molecular complexity index is 411. The van der Waals surface area contributed by atoms with Gasteiger partial charge in [-0.3, -0.25) is 0 Å². The highest BCUT2D eigenvalue weighted by molar-refractivity contribution is 6.28. The van der Waals surface area contributed by atoms with Crippen LogP contribution in [0.3, 0.4) is 0 Å². The highest BCUT2D eigenvalue weighted by Gasteiger charge is 2.04. The molecule has 0 amide bonds. The molecule has 0 unspecified atom stereocenters. The van der Waals surface area contributed by atoms with Gasteiger partial charge in [0.1, 0.15) is 0 Å². The van der Waals surface area contributed by atoms with E-state index in [2.05, 4.69) is 15.1 Å². The number of anilines is 1. The molecule has 0 fully saturated rings. The molecule has 0 atom stereocenters. The van der Waals surface area contributed by atoms with Crippen molar-refractivity contribution in [2.24, 2.45) is 0 Å². The minimum atomic E-state index is 0.153. The minimum Gasteiger partial charge on any atom is -0.394 e. The van der Waals surface area contributed by atoms with Crippen LogP contribution < -0.4 is 5.73 Å². The van der Waals surface area contributed by atoms with E-state index in [9.17, 15) is 0 Å². The lowest BCUT2D eigenvalue weighted by Crippen LogP contribution is -2.04. The molecular formula is C7H6ClN5. The summed E-state index contributed by atoms with van der Waals surface area (Å²) in [6.45, 7) is 0. The van der Waals surface area contributed by atoms with Crippen LogP contribution >= 0.6 is 11.6 Å². The Hall–Kier alpha value is -1.62. The van der Waals surface area contributed by atoms with E-state index >= 15 is 0 Å². The maximum Gasteiger partial charge on any atom is 0.224 e. The summed E-state index contributed by atoms with van der Waals surface area (Å²) in [5.74, 6) is 0.491. The molecule has 2 aromatic rings. The summed E-state index contributed by atoms with van der Waals surface area (Å²) < 4.78 is 1.53. The zero-order valence-corrected chi connectivity index (χ0v) is 7.31. The minimum absolute atomic E-state index is 0.153. The van der Waals surface area contributed by atoms with Gasteiger partial charge in [-0.15, -0.1) is 0 Å². The third-order valence-electron chi connectivity index (χ3n) is 1.49. The highest BCUT2D eigenvalue weighted by atomic mass is 35.5. The van der Waals surface area contributed by atoms with Crippen LogP contribution in [-0.2, 0) is 0 Å². The van der Waals surface area contributed by atoms with Crippen LogP contribution in [0, 0.1) is 0 Å². The van der Waals surface area contributed by atoms with E-state index in [4.69, 9.17) is 17.3 Å². The smallest absolute Gasteiger partial charge is 0.224 e. The van der Waals surface area contributed by atoms with Crippen molar-refractivity contribution in [1.29, 1.82) is 0 Å². The quantitative estimate of drug-likeness (QED) is 0.687. The van der Waals surface area contributed by atoms with Gasteiger partial charge in [0.05, 0.1) is 11.9 Å². The molecule has 2 rings (SSSR count). The van der Waals surface area contributed by atoms with Gasteiger partial charge in [-0.25, -0.2) is 9.67 Å². The van der Waals surface area contributed by atoms with E-state index in [-0.39, 0.29) is 5.28 Å². The van der Waals surface area contributed by atoms with Crippen molar-refractivity contribution in [1.82, 2.24) is 19.7 Å². The number of hydrogen-bond acceptors (Lipinski definition) is 4. The molecule has 0 saturated carbocycles. The van der Waals surface area contributed by atoms with Crippen molar-refractivity contribution in [3.8, 4) is 5.82 Å². The van der Waals surface area contributed by atoms with E-state index in [1.54, 1.807) is 18.5 Å². The second-order valence-corrected chi connectivity index (χ2v) is 2.71. The molecule has 0 aliphatic rings. The Labute approximate surface area is 79.2 Å². The van der Waals surface area contributed by atoms with Crippen LogP contribution in [0.15, 0.2) is 24.7 Å². The van der Waals surface area contributed by atoms with E-state index in [0.717, 1.165) is 0 Å². The molecule has 0 aliphatic heterocycles. The number of halogens is 1. The Kier molecular flexibility index (Phi) is 1.86. The summed E-state index contributed by atoms with van der Waals surface area (Å²) in [6, 6.07) is 1.77. The molecular weight excluding hydrogens is 190 g/mol. The van der Waals surface area contributed by atoms with Crippen molar-refractivity contribution in [3.63, 3.8) is 0 Å². The average molecular weight is 196 g/mol. The molecule has 2 aromatic heterocycles. The van der Waals surface area contributed by atoms with E-state index in [0.29, 0.717) is 11.5 Å². The largest absolute Gasteiger partial charge is 0.394 e. The van der Waals surface area contributed by atoms with Crippen LogP contribution in [0.25, 0.3) is 5.82 Å². The number of nitrogen functional groups attached to an aromatic ring is 1. The first-order valence-electron chi connectivity index (χ1n) is 3.55. The second kappa shape index (κ2) is 3.02. The van der Waals surface area contributed by atoms with Crippen molar-refractivity contribution in [3.05, 3.63) is 29.9 Å². The fraction of sp³-hybridized carbons (Fsp3) is 0. The SMILES string of the molecule is Nc1cnc(Cl)nc1-n1cccn1. The molecule has 2 N–H and O–H groups in total. The van der Waals surface area contributed by atoms with Crippen LogP contribution in [-0.4, -0.2) is 19.7 Å². The number of nitrogens with two attached hydrogens (primary N) is 1. The van der Waals surface area contributed by atoms with Gasteiger partial charge in [0.15, 0.2) is 5.82 Å². The number of hydrogen-bond donors (Lipinski definition) is 1. The Morgan fingerprint density at radius 3 is 3.00 bits per heavy atom. The lowest BCUT2D eigenvalue weighted by molar-refractivity contribution is 0.843. The number of nitrogens with zero attached hydrogens (tertiary/aromatic N) is 4. The van der Waals surface area contributed by atoms with E-state index in [1.807, 2.05) is 0 Å². The Morgan fingerprint density at radius 2 is 2.31 bits per heavy atom. The van der Waals surface area contributed by atoms with Gasteiger partial charge < -0.3 is 5.73 Å². The molecule has 5 nitrogen and oxygen atoms in total. The molecule has 0 radical (unpaired) electrons. The van der Waals surface area contributed by atoms with Crippen LogP contribution in [0.1, 0.15) is 0 Å². The Morgan fingerprint density at radius 1 is 1.46 bits per heavy atom. The summed E-state index contributed by atoms with van der Waals surface area (Å²) in [7, 11) is 0. The summed E-state index contributed by atoms with van der Waals surface area (Å²) in [6.07, 6.45) is 4.82. The van der Waals surface area contributed by atoms with Crippen molar-refractivity contribution in [2.75, 3.05) is 5.73 Å². The topological polar surface area (TPSA) is 69.6 Å². The van der Waals surface area contributed by atoms with Crippen LogP contribution in [0.5, 0.6) is 0 Å². The molecule has 6 heteroatoms. The third-order valence-corrected chi connectivity index (χ3v) is 1.67. The van der Waals surface area contributed by atoms with Gasteiger partial charge in [-0.1, -0.05) is 0 Å². The van der Waals surface area contributed by atoms with Gasteiger partial charge in [0.2, 0.25) is 5.28 Å². The highest BCUT2D eigenvalue weighted by Crippen LogP contribution is 2.13. The summed E-state index contributed by atoms with van der Waals surface area (Å²) in [5, 5.41) is 4.13. The number of rotatable bonds is 1. The summed E-state index contributed by atoms with van der Waals surface area (Å²) >= 11 is 5.61. The molecule has 2 heterocycles. The second-order valence-electron chi connectivity index (χ2n) is 2.37. The van der Waals surface area contributed by atoms with Crippen molar-refractivity contribution in [2.45, 2.75) is 0 Å². The third kappa shape index (κ3) is 1.46. The maximum absolute atomic E-state index is 5.64. The van der Waals surface area contributed by atoms with Crippen molar-refractivity contribution >= 4 is 17.3 Å². The first-order chi connectivity index (χ1) is 6.27. The predicted octanol–water partition coefficient (Wildman–Crippen LogP) is 0.898. The van der Waals surface area contributed by atoms with Gasteiger partial charge in [-0.2, -0.15) is 10.1 Å². The predicted molar refractivity (Wildman–Crippen MR) is 48.6 cm³/mol. The molecule has 0 aromatic carbocycles. The zero-order valence-electron chi connectivity index (χ0n) is 6.55. The number of aromatic nitrogens is 4. The molecule has 0 aliphatic carbocycles. The summed E-state index contributed by atoms with van der Waals surface area (Å²) in [4.78, 5) is 7.68. The van der Waals surface area contributed by atoms with Gasteiger partial charge in [0, 0.05) is 12.4 Å². The monoisotopic (exact) mass is 195 g/mol. The zero-order chi connectivity index (χ0) is 9.26. The average Bonchev–Trinajstić information content (AvgIpc) is 2.61. The lowest BCUT2D eigenvalue weighted by Gasteiger charge is -2.02. The molecule has 66 valence electrons. The fourth-order valence-electron chi connectivity index (χ4n) is 0.939. The van der Waals surface area contributed by atoms with Crippen molar-refractivity contribution < 1.29 is 0 Å². The fourth-order valence-corrected chi connectivity index (χ4v) is 1.07. The van der Waals surface area contributed by atoms with Crippen LogP contribution in [0.4, 0.5) is 5.69 Å². The molecule has 13 heavy (non-hydrogen) atoms. The maximum atomic E-state index is 5.64. The van der Waals surface area contributed by atoms with Gasteiger partial charge >= 0.3 is 0 Å². The molecule has 0 saturated heterocycles. The standard InChI is InChI=1S/C7H6ClN5/c8-7-10-4-5(9)6(12-7)13-3-1-2-11-13/h1-4H,9H2. The summed E-state index contributed by atoms with van der Waals surface area (Å²) in [5.41, 5.74) is 6.07. The lowest BCUT2D eigenvalue weighted by atomic mass is 10.5. The molecule has 0 bridgehead atoms. The van der Waals surface area contributed by atoms with E-state index < -0.39 is 0 Å². The molecule has 0 spiro atoms. The van der Waals surface area contributed by atoms with Gasteiger partial charge in [0.25, 0.3) is 0 Å². The first kappa shape index (κ1) is 8.00. The van der Waals surface area contributed by atoms with E-state index in [1.165, 1.54) is 10.9 Å².